The predicted molar refractivity (Wildman–Crippen MR) is 175 cm³/mol. The van der Waals surface area contributed by atoms with Crippen LogP contribution >= 0.6 is 0 Å². The summed E-state index contributed by atoms with van der Waals surface area (Å²) in [6.07, 6.45) is 0. The van der Waals surface area contributed by atoms with E-state index >= 15 is 0 Å². The zero-order chi connectivity index (χ0) is 30.9. The van der Waals surface area contributed by atoms with Crippen molar-refractivity contribution >= 4 is 56.3 Å². The van der Waals surface area contributed by atoms with Crippen LogP contribution in [0.1, 0.15) is 5.82 Å². The second-order valence-electron chi connectivity index (χ2n) is 11.0. The number of rotatable bonds is 2. The van der Waals surface area contributed by atoms with E-state index in [0.29, 0.717) is 28.4 Å². The van der Waals surface area contributed by atoms with Gasteiger partial charge in [-0.25, -0.2) is 9.69 Å². The predicted octanol–water partition coefficient (Wildman–Crippen LogP) is 6.34. The molecule has 0 spiro atoms. The van der Waals surface area contributed by atoms with Crippen molar-refractivity contribution in [1.29, 1.82) is 5.26 Å². The summed E-state index contributed by atoms with van der Waals surface area (Å²) in [5, 5.41) is 11.6. The van der Waals surface area contributed by atoms with E-state index in [0.717, 1.165) is 49.7 Å². The molecule has 0 fully saturated rings. The second-order valence-corrected chi connectivity index (χ2v) is 11.0. The van der Waals surface area contributed by atoms with Crippen LogP contribution in [0, 0.1) is 24.5 Å². The van der Waals surface area contributed by atoms with Gasteiger partial charge in [-0.1, -0.05) is 48.5 Å². The van der Waals surface area contributed by atoms with Gasteiger partial charge in [0, 0.05) is 11.0 Å². The molecule has 0 radical (unpaired) electrons. The molecule has 210 valence electrons. The standard InChI is InChI=1S/C36H16BN7O2/c1-39-21-11-13-27-23(17-21)24-18-22(40-2)12-14-28(24)44(27)36-42-33(19-38)41-35(43-36)20-15-31-34-32(16-20)46-30-10-6-4-8-26(30)37(34)25-7-3-5-9-29(25)45-31/h3-18H. The Morgan fingerprint density at radius 1 is 0.674 bits per heavy atom. The average molecular weight is 589 g/mol. The highest BCUT2D eigenvalue weighted by atomic mass is 16.5. The van der Waals surface area contributed by atoms with Gasteiger partial charge in [-0.2, -0.15) is 20.2 Å². The minimum atomic E-state index is -0.0733. The molecule has 2 aromatic heterocycles. The Hall–Kier alpha value is -6.96. The fourth-order valence-electron chi connectivity index (χ4n) is 6.52. The van der Waals surface area contributed by atoms with Gasteiger partial charge in [0.2, 0.25) is 11.8 Å². The van der Waals surface area contributed by atoms with Gasteiger partial charge in [0.25, 0.3) is 6.71 Å². The Morgan fingerprint density at radius 3 is 1.78 bits per heavy atom. The molecule has 46 heavy (non-hydrogen) atoms. The Labute approximate surface area is 262 Å². The first-order chi connectivity index (χ1) is 22.6. The molecule has 4 heterocycles. The molecule has 9 nitrogen and oxygen atoms in total. The first kappa shape index (κ1) is 25.5. The summed E-state index contributed by atoms with van der Waals surface area (Å²) in [5.74, 6) is 3.21. The van der Waals surface area contributed by atoms with Crippen molar-refractivity contribution in [2.75, 3.05) is 0 Å². The van der Waals surface area contributed by atoms with Crippen molar-refractivity contribution in [1.82, 2.24) is 19.5 Å². The summed E-state index contributed by atoms with van der Waals surface area (Å²) in [6, 6.07) is 32.5. The zero-order valence-corrected chi connectivity index (χ0v) is 23.8. The Bertz CT molecular complexity index is 2470. The minimum Gasteiger partial charge on any atom is -0.458 e. The highest BCUT2D eigenvalue weighted by Crippen LogP contribution is 2.39. The van der Waals surface area contributed by atoms with Gasteiger partial charge in [-0.15, -0.1) is 0 Å². The van der Waals surface area contributed by atoms with Crippen LogP contribution in [0.2, 0.25) is 0 Å². The first-order valence-electron chi connectivity index (χ1n) is 14.3. The Balaban J connectivity index is 1.27. The van der Waals surface area contributed by atoms with E-state index in [9.17, 15) is 5.26 Å². The second kappa shape index (κ2) is 9.52. The minimum absolute atomic E-state index is 0.0627. The molecule has 5 aromatic carbocycles. The number of ether oxygens (including phenoxy) is 2. The third-order valence-electron chi connectivity index (χ3n) is 8.46. The maximum absolute atomic E-state index is 10.0. The van der Waals surface area contributed by atoms with E-state index in [1.165, 1.54) is 0 Å². The van der Waals surface area contributed by atoms with Crippen molar-refractivity contribution in [3.8, 4) is 46.4 Å². The molecule has 9 rings (SSSR count). The van der Waals surface area contributed by atoms with Crippen LogP contribution in [-0.4, -0.2) is 26.2 Å². The smallest absolute Gasteiger partial charge is 0.260 e. The molecular weight excluding hydrogens is 573 g/mol. The highest BCUT2D eigenvalue weighted by Gasteiger charge is 2.40. The van der Waals surface area contributed by atoms with Crippen LogP contribution in [0.4, 0.5) is 11.4 Å². The van der Waals surface area contributed by atoms with E-state index in [2.05, 4.69) is 37.9 Å². The van der Waals surface area contributed by atoms with Gasteiger partial charge in [0.05, 0.1) is 24.2 Å². The van der Waals surface area contributed by atoms with Crippen molar-refractivity contribution in [2.45, 2.75) is 0 Å². The van der Waals surface area contributed by atoms with E-state index < -0.39 is 0 Å². The number of aromatic nitrogens is 4. The molecule has 0 unspecified atom stereocenters. The average Bonchev–Trinajstić information content (AvgIpc) is 3.43. The molecule has 0 aliphatic carbocycles. The molecule has 0 N–H and O–H groups in total. The Morgan fingerprint density at radius 2 is 1.24 bits per heavy atom. The summed E-state index contributed by atoms with van der Waals surface area (Å²) in [7, 11) is 0. The van der Waals surface area contributed by atoms with Crippen LogP contribution in [0.25, 0.3) is 48.8 Å². The molecule has 0 saturated carbocycles. The van der Waals surface area contributed by atoms with Gasteiger partial charge in [0.1, 0.15) is 29.1 Å². The molecule has 0 amide bonds. The molecule has 0 saturated heterocycles. The van der Waals surface area contributed by atoms with Crippen LogP contribution < -0.4 is 25.9 Å². The van der Waals surface area contributed by atoms with Gasteiger partial charge >= 0.3 is 0 Å². The van der Waals surface area contributed by atoms with E-state index in [1.54, 1.807) is 24.3 Å². The summed E-state index contributed by atoms with van der Waals surface area (Å²) in [4.78, 5) is 21.1. The fourth-order valence-corrected chi connectivity index (χ4v) is 6.52. The summed E-state index contributed by atoms with van der Waals surface area (Å²) in [6.45, 7) is 15.0. The molecule has 10 heteroatoms. The normalized spacial score (nSPS) is 12.2. The van der Waals surface area contributed by atoms with E-state index in [-0.39, 0.29) is 24.3 Å². The lowest BCUT2D eigenvalue weighted by atomic mass is 9.35. The van der Waals surface area contributed by atoms with Gasteiger partial charge in [0.15, 0.2) is 17.2 Å². The third-order valence-corrected chi connectivity index (χ3v) is 8.46. The SMILES string of the molecule is [C-]#[N+]c1ccc2c(c1)c1cc([N+]#[C-])ccc1n2-c1nc(C#N)nc(-c2cc3c4c(c2)Oc2ccccc2B4c2ccccc2O3)n1. The van der Waals surface area contributed by atoms with Crippen LogP contribution in [0.3, 0.4) is 0 Å². The number of fused-ring (bicyclic) bond motifs is 7. The fraction of sp³-hybridized carbons (Fsp3) is 0. The molecular formula is C36H16BN7O2. The topological polar surface area (TPSA) is 94.6 Å². The lowest BCUT2D eigenvalue weighted by Crippen LogP contribution is -2.57. The highest BCUT2D eigenvalue weighted by molar-refractivity contribution is 6.98. The van der Waals surface area contributed by atoms with Crippen LogP contribution in [0.15, 0.2) is 97.1 Å². The lowest BCUT2D eigenvalue weighted by molar-refractivity contribution is 0.465. The molecule has 0 bridgehead atoms. The number of hydrogen-bond acceptors (Lipinski definition) is 6. The summed E-state index contributed by atoms with van der Waals surface area (Å²) < 4.78 is 14.7. The monoisotopic (exact) mass is 589 g/mol. The van der Waals surface area contributed by atoms with Crippen molar-refractivity contribution in [3.05, 3.63) is 126 Å². The number of nitriles is 1. The van der Waals surface area contributed by atoms with Gasteiger partial charge in [-0.3, -0.25) is 4.57 Å². The van der Waals surface area contributed by atoms with E-state index in [1.807, 2.05) is 65.2 Å². The molecule has 7 aromatic rings. The molecule has 2 aliphatic heterocycles. The molecule has 2 aliphatic rings. The van der Waals surface area contributed by atoms with Gasteiger partial charge < -0.3 is 9.47 Å². The number of para-hydroxylation sites is 2. The maximum Gasteiger partial charge on any atom is 0.260 e. The summed E-state index contributed by atoms with van der Waals surface area (Å²) >= 11 is 0. The van der Waals surface area contributed by atoms with Crippen LogP contribution in [0.5, 0.6) is 23.0 Å². The van der Waals surface area contributed by atoms with E-state index in [4.69, 9.17) is 27.6 Å². The Kier molecular flexibility index (Phi) is 5.29. The van der Waals surface area contributed by atoms with Crippen molar-refractivity contribution in [3.63, 3.8) is 0 Å². The van der Waals surface area contributed by atoms with Crippen molar-refractivity contribution < 1.29 is 9.47 Å². The van der Waals surface area contributed by atoms with Crippen LogP contribution in [-0.2, 0) is 0 Å². The zero-order valence-electron chi connectivity index (χ0n) is 23.8. The van der Waals surface area contributed by atoms with Crippen molar-refractivity contribution in [2.24, 2.45) is 0 Å². The number of nitrogens with zero attached hydrogens (tertiary/aromatic N) is 7. The largest absolute Gasteiger partial charge is 0.458 e. The third kappa shape index (κ3) is 3.64. The maximum atomic E-state index is 10.0. The number of hydrogen-bond donors (Lipinski definition) is 0. The molecule has 0 atom stereocenters. The first-order valence-corrected chi connectivity index (χ1v) is 14.3. The quantitative estimate of drug-likeness (QED) is 0.173. The lowest BCUT2D eigenvalue weighted by Gasteiger charge is -2.33. The van der Waals surface area contributed by atoms with Gasteiger partial charge in [-0.05, 0) is 70.2 Å². The summed E-state index contributed by atoms with van der Waals surface area (Å²) in [5.41, 5.74) is 6.03. The number of benzene rings is 5.